The number of rotatable bonds is 5. The number of hydrazone groups is 1. The number of hydrogen-bond acceptors (Lipinski definition) is 2. The fourth-order valence-corrected chi connectivity index (χ4v) is 4.21. The lowest BCUT2D eigenvalue weighted by atomic mass is 10.0. The number of nitrogens with one attached hydrogen (secondary N) is 1. The van der Waals surface area contributed by atoms with E-state index in [-0.39, 0.29) is 5.91 Å². The summed E-state index contributed by atoms with van der Waals surface area (Å²) in [5, 5.41) is 8.12. The molecule has 5 aromatic rings. The first-order chi connectivity index (χ1) is 15.7. The van der Waals surface area contributed by atoms with E-state index in [2.05, 4.69) is 75.9 Å². The topological polar surface area (TPSA) is 46.4 Å². The lowest BCUT2D eigenvalue weighted by Gasteiger charge is -2.09. The maximum Gasteiger partial charge on any atom is 0.272 e. The van der Waals surface area contributed by atoms with Crippen molar-refractivity contribution in [1.29, 1.82) is 0 Å². The highest BCUT2D eigenvalue weighted by Gasteiger charge is 2.10. The van der Waals surface area contributed by atoms with Gasteiger partial charge in [0.15, 0.2) is 0 Å². The molecule has 5 rings (SSSR count). The smallest absolute Gasteiger partial charge is 0.272 e. The van der Waals surface area contributed by atoms with Crippen LogP contribution in [0.5, 0.6) is 0 Å². The summed E-state index contributed by atoms with van der Waals surface area (Å²) < 4.78 is 2.22. The van der Waals surface area contributed by atoms with Gasteiger partial charge in [-0.15, -0.1) is 0 Å². The quantitative estimate of drug-likeness (QED) is 0.256. The minimum atomic E-state index is -0.341. The summed E-state index contributed by atoms with van der Waals surface area (Å²) in [5.74, 6) is -0.341. The number of carbonyl (C=O) groups is 1. The van der Waals surface area contributed by atoms with Crippen LogP contribution in [0.4, 0.5) is 0 Å². The van der Waals surface area contributed by atoms with Crippen LogP contribution >= 0.6 is 11.6 Å². The number of amides is 1. The molecule has 5 heteroatoms. The van der Waals surface area contributed by atoms with E-state index in [4.69, 9.17) is 11.6 Å². The Kier molecular flexibility index (Phi) is 5.44. The predicted octanol–water partition coefficient (Wildman–Crippen LogP) is 6.26. The van der Waals surface area contributed by atoms with Crippen LogP contribution in [-0.4, -0.2) is 16.7 Å². The fraction of sp³-hybridized carbons (Fsp3) is 0.0370. The molecule has 0 bridgehead atoms. The van der Waals surface area contributed by atoms with Crippen molar-refractivity contribution in [2.24, 2.45) is 5.10 Å². The second kappa shape index (κ2) is 8.69. The van der Waals surface area contributed by atoms with Crippen LogP contribution in [0.15, 0.2) is 102 Å². The summed E-state index contributed by atoms with van der Waals surface area (Å²) in [6.45, 7) is 0.738. The number of nitrogens with zero attached hydrogens (tertiary/aromatic N) is 2. The van der Waals surface area contributed by atoms with Crippen molar-refractivity contribution in [1.82, 2.24) is 9.99 Å². The number of hydrogen-bond donors (Lipinski definition) is 1. The van der Waals surface area contributed by atoms with Gasteiger partial charge in [0.25, 0.3) is 5.91 Å². The van der Waals surface area contributed by atoms with Crippen molar-refractivity contribution in [2.75, 3.05) is 0 Å². The number of aromatic nitrogens is 1. The average molecular weight is 438 g/mol. The molecule has 1 N–H and O–H groups in total. The van der Waals surface area contributed by atoms with E-state index in [1.165, 1.54) is 16.3 Å². The van der Waals surface area contributed by atoms with Crippen LogP contribution in [0.1, 0.15) is 21.5 Å². The van der Waals surface area contributed by atoms with Crippen molar-refractivity contribution in [3.8, 4) is 0 Å². The van der Waals surface area contributed by atoms with Gasteiger partial charge in [-0.1, -0.05) is 84.4 Å². The van der Waals surface area contributed by atoms with E-state index in [9.17, 15) is 4.79 Å². The Balaban J connectivity index is 1.45. The third kappa shape index (κ3) is 3.88. The minimum absolute atomic E-state index is 0.341. The zero-order valence-electron chi connectivity index (χ0n) is 17.2. The van der Waals surface area contributed by atoms with Gasteiger partial charge in [-0.25, -0.2) is 5.43 Å². The van der Waals surface area contributed by atoms with Crippen LogP contribution in [0.2, 0.25) is 5.02 Å². The van der Waals surface area contributed by atoms with Gasteiger partial charge >= 0.3 is 0 Å². The number of benzene rings is 4. The number of para-hydroxylation sites is 1. The van der Waals surface area contributed by atoms with Gasteiger partial charge in [-0.3, -0.25) is 4.79 Å². The molecule has 0 spiro atoms. The summed E-state index contributed by atoms with van der Waals surface area (Å²) in [4.78, 5) is 12.4. The molecule has 0 saturated heterocycles. The second-order valence-electron chi connectivity index (χ2n) is 7.55. The van der Waals surface area contributed by atoms with Crippen molar-refractivity contribution >= 4 is 45.4 Å². The van der Waals surface area contributed by atoms with Crippen LogP contribution in [-0.2, 0) is 6.54 Å². The van der Waals surface area contributed by atoms with Crippen LogP contribution in [0, 0.1) is 0 Å². The summed E-state index contributed by atoms with van der Waals surface area (Å²) in [7, 11) is 0. The largest absolute Gasteiger partial charge is 0.342 e. The molecule has 0 aliphatic heterocycles. The molecule has 0 aliphatic rings. The van der Waals surface area contributed by atoms with E-state index < -0.39 is 0 Å². The Morgan fingerprint density at radius 3 is 2.47 bits per heavy atom. The van der Waals surface area contributed by atoms with Crippen LogP contribution < -0.4 is 5.43 Å². The monoisotopic (exact) mass is 437 g/mol. The van der Waals surface area contributed by atoms with Crippen molar-refractivity contribution in [2.45, 2.75) is 6.54 Å². The SMILES string of the molecule is O=C(N/N=C\c1cn(Cc2cccc3ccccc23)c2ccccc12)c1ccccc1Cl. The summed E-state index contributed by atoms with van der Waals surface area (Å²) in [5.41, 5.74) is 6.26. The molecule has 156 valence electrons. The van der Waals surface area contributed by atoms with Crippen LogP contribution in [0.25, 0.3) is 21.7 Å². The number of halogens is 1. The van der Waals surface area contributed by atoms with Gasteiger partial charge in [0.2, 0.25) is 0 Å². The lowest BCUT2D eigenvalue weighted by molar-refractivity contribution is 0.0955. The highest BCUT2D eigenvalue weighted by Crippen LogP contribution is 2.24. The fourth-order valence-electron chi connectivity index (χ4n) is 3.99. The first-order valence-electron chi connectivity index (χ1n) is 10.3. The summed E-state index contributed by atoms with van der Waals surface area (Å²) >= 11 is 6.10. The molecular formula is C27H20ClN3O. The molecule has 1 aromatic heterocycles. The Labute approximate surface area is 190 Å². The highest BCUT2D eigenvalue weighted by molar-refractivity contribution is 6.33. The normalized spacial score (nSPS) is 11.4. The molecule has 0 saturated carbocycles. The van der Waals surface area contributed by atoms with Crippen molar-refractivity contribution < 1.29 is 4.79 Å². The van der Waals surface area contributed by atoms with Crippen molar-refractivity contribution in [3.63, 3.8) is 0 Å². The average Bonchev–Trinajstić information content (AvgIpc) is 3.17. The molecule has 0 radical (unpaired) electrons. The Bertz CT molecular complexity index is 1460. The lowest BCUT2D eigenvalue weighted by Crippen LogP contribution is -2.17. The van der Waals surface area contributed by atoms with Gasteiger partial charge in [0.1, 0.15) is 0 Å². The minimum Gasteiger partial charge on any atom is -0.342 e. The maximum absolute atomic E-state index is 12.4. The Morgan fingerprint density at radius 1 is 0.875 bits per heavy atom. The zero-order chi connectivity index (χ0) is 21.9. The molecule has 1 amide bonds. The van der Waals surface area contributed by atoms with E-state index in [0.29, 0.717) is 10.6 Å². The van der Waals surface area contributed by atoms with Gasteiger partial charge in [0, 0.05) is 29.2 Å². The maximum atomic E-state index is 12.4. The highest BCUT2D eigenvalue weighted by atomic mass is 35.5. The molecule has 1 heterocycles. The summed E-state index contributed by atoms with van der Waals surface area (Å²) in [6, 6.07) is 29.9. The summed E-state index contributed by atoms with van der Waals surface area (Å²) in [6.07, 6.45) is 3.74. The third-order valence-corrected chi connectivity index (χ3v) is 5.86. The van der Waals surface area contributed by atoms with Gasteiger partial charge in [-0.2, -0.15) is 5.10 Å². The molecular weight excluding hydrogens is 418 g/mol. The van der Waals surface area contributed by atoms with Gasteiger partial charge in [-0.05, 0) is 34.5 Å². The first-order valence-corrected chi connectivity index (χ1v) is 10.7. The van der Waals surface area contributed by atoms with Gasteiger partial charge < -0.3 is 4.57 Å². The zero-order valence-corrected chi connectivity index (χ0v) is 18.0. The molecule has 0 atom stereocenters. The van der Waals surface area contributed by atoms with E-state index in [0.717, 1.165) is 23.0 Å². The standard InChI is InChI=1S/C27H20ClN3O/c28-25-14-5-3-13-24(25)27(32)30-29-16-21-18-31(26-15-6-4-12-23(21)26)17-20-10-7-9-19-8-1-2-11-22(19)20/h1-16,18H,17H2,(H,30,32)/b29-16-. The Morgan fingerprint density at radius 2 is 1.59 bits per heavy atom. The molecule has 0 unspecified atom stereocenters. The first kappa shape index (κ1) is 20.0. The molecule has 4 aromatic carbocycles. The molecule has 0 aliphatic carbocycles. The van der Waals surface area contributed by atoms with Crippen LogP contribution in [0.3, 0.4) is 0 Å². The van der Waals surface area contributed by atoms with E-state index in [1.807, 2.05) is 12.1 Å². The van der Waals surface area contributed by atoms with E-state index in [1.54, 1.807) is 30.5 Å². The third-order valence-electron chi connectivity index (χ3n) is 5.53. The van der Waals surface area contributed by atoms with E-state index >= 15 is 0 Å². The molecule has 0 fully saturated rings. The van der Waals surface area contributed by atoms with Gasteiger partial charge in [0.05, 0.1) is 16.8 Å². The number of fused-ring (bicyclic) bond motifs is 2. The molecule has 4 nitrogen and oxygen atoms in total. The Hall–Kier alpha value is -3.89. The second-order valence-corrected chi connectivity index (χ2v) is 7.95. The molecule has 32 heavy (non-hydrogen) atoms. The number of carbonyl (C=O) groups excluding carboxylic acids is 1. The van der Waals surface area contributed by atoms with Crippen molar-refractivity contribution in [3.05, 3.63) is 119 Å². The predicted molar refractivity (Wildman–Crippen MR) is 132 cm³/mol.